The number of nitrogens with zero attached hydrogens (tertiary/aromatic N) is 2. The monoisotopic (exact) mass is 309 g/mol. The van der Waals surface area contributed by atoms with Gasteiger partial charge in [-0.2, -0.15) is 0 Å². The lowest BCUT2D eigenvalue weighted by atomic mass is 10.1. The quantitative estimate of drug-likeness (QED) is 0.893. The molecule has 0 aliphatic rings. The largest absolute Gasteiger partial charge is 0.480 e. The van der Waals surface area contributed by atoms with Gasteiger partial charge in [-0.3, -0.25) is 4.79 Å². The van der Waals surface area contributed by atoms with Crippen LogP contribution in [0.2, 0.25) is 0 Å². The molecule has 0 bridgehead atoms. The minimum Gasteiger partial charge on any atom is -0.480 e. The van der Waals surface area contributed by atoms with Crippen molar-refractivity contribution in [3.05, 3.63) is 34.9 Å². The minimum atomic E-state index is -1.70. The van der Waals surface area contributed by atoms with Gasteiger partial charge in [0.25, 0.3) is 5.91 Å². The maximum Gasteiger partial charge on any atom is 0.328 e. The van der Waals surface area contributed by atoms with Crippen LogP contribution >= 0.6 is 0 Å². The Balaban J connectivity index is 2.52. The first-order valence-corrected chi connectivity index (χ1v) is 6.37. The van der Waals surface area contributed by atoms with E-state index in [4.69, 9.17) is 5.11 Å². The Kier molecular flexibility index (Phi) is 4.30. The number of carboxylic acids is 1. The molecule has 8 heteroatoms. The van der Waals surface area contributed by atoms with Crippen LogP contribution in [0.25, 0.3) is 11.0 Å². The highest BCUT2D eigenvalue weighted by atomic mass is 19.1. The molecule has 0 saturated carbocycles. The molecule has 0 aliphatic carbocycles. The molecule has 0 spiro atoms. The van der Waals surface area contributed by atoms with E-state index in [1.54, 1.807) is 13.8 Å². The summed E-state index contributed by atoms with van der Waals surface area (Å²) in [6.45, 7) is 2.09. The zero-order chi connectivity index (χ0) is 16.4. The third kappa shape index (κ3) is 3.00. The van der Waals surface area contributed by atoms with Gasteiger partial charge >= 0.3 is 5.97 Å². The number of aromatic nitrogens is 2. The van der Waals surface area contributed by atoms with Crippen molar-refractivity contribution >= 4 is 22.9 Å². The van der Waals surface area contributed by atoms with Crippen LogP contribution in [0, 0.1) is 19.7 Å². The Morgan fingerprint density at radius 1 is 1.27 bits per heavy atom. The smallest absolute Gasteiger partial charge is 0.328 e. The number of amides is 1. The molecular weight excluding hydrogens is 296 g/mol. The fourth-order valence-electron chi connectivity index (χ4n) is 1.87. The lowest BCUT2D eigenvalue weighted by Crippen LogP contribution is -2.42. The number of rotatable bonds is 4. The van der Waals surface area contributed by atoms with Gasteiger partial charge in [0, 0.05) is 6.07 Å². The van der Waals surface area contributed by atoms with Gasteiger partial charge in [-0.05, 0) is 19.9 Å². The van der Waals surface area contributed by atoms with Crippen molar-refractivity contribution in [2.45, 2.75) is 19.9 Å². The van der Waals surface area contributed by atoms with Gasteiger partial charge in [-0.15, -0.1) is 0 Å². The van der Waals surface area contributed by atoms with Crippen molar-refractivity contribution in [3.63, 3.8) is 0 Å². The summed E-state index contributed by atoms with van der Waals surface area (Å²) < 4.78 is 26.2. The molecule has 1 amide bonds. The van der Waals surface area contributed by atoms with E-state index in [2.05, 4.69) is 9.97 Å². The second kappa shape index (κ2) is 6.00. The van der Waals surface area contributed by atoms with Crippen molar-refractivity contribution in [1.82, 2.24) is 15.3 Å². The van der Waals surface area contributed by atoms with Crippen LogP contribution in [0.1, 0.15) is 21.7 Å². The molecule has 1 aromatic carbocycles. The highest BCUT2D eigenvalue weighted by Crippen LogP contribution is 2.19. The van der Waals surface area contributed by atoms with Crippen LogP contribution in [0.4, 0.5) is 8.78 Å². The van der Waals surface area contributed by atoms with Gasteiger partial charge in [0.15, 0.2) is 6.04 Å². The molecule has 116 valence electrons. The fraction of sp³-hybridized carbons (Fsp3) is 0.286. The molecule has 1 unspecified atom stereocenters. The van der Waals surface area contributed by atoms with E-state index in [0.29, 0.717) is 11.4 Å². The number of nitrogens with one attached hydrogen (secondary N) is 1. The molecule has 1 heterocycles. The first kappa shape index (κ1) is 15.7. The number of carbonyl (C=O) groups excluding carboxylic acids is 1. The standard InChI is InChI=1S/C14H13F2N3O3/c1-6-7(2)18-12-9(3-8(16)4-10(12)17-6)13(20)19-11(5-15)14(21)22/h3-4,11H,5H2,1-2H3,(H,19,20)(H,21,22). The average molecular weight is 309 g/mol. The average Bonchev–Trinajstić information content (AvgIpc) is 2.45. The molecule has 0 aliphatic heterocycles. The Bertz CT molecular complexity index is 765. The van der Waals surface area contributed by atoms with Crippen molar-refractivity contribution < 1.29 is 23.5 Å². The van der Waals surface area contributed by atoms with Crippen LogP contribution in [0.5, 0.6) is 0 Å². The van der Waals surface area contributed by atoms with Crippen LogP contribution in [0.15, 0.2) is 12.1 Å². The second-order valence-electron chi connectivity index (χ2n) is 4.73. The van der Waals surface area contributed by atoms with E-state index in [9.17, 15) is 18.4 Å². The summed E-state index contributed by atoms with van der Waals surface area (Å²) in [5.74, 6) is -3.16. The highest BCUT2D eigenvalue weighted by molar-refractivity contribution is 6.05. The van der Waals surface area contributed by atoms with Crippen molar-refractivity contribution in [3.8, 4) is 0 Å². The molecule has 1 atom stereocenters. The Labute approximate surface area is 124 Å². The SMILES string of the molecule is Cc1nc2cc(F)cc(C(=O)NC(CF)C(=O)O)c2nc1C. The summed E-state index contributed by atoms with van der Waals surface area (Å²) in [5.41, 5.74) is 1.24. The second-order valence-corrected chi connectivity index (χ2v) is 4.73. The molecule has 2 N–H and O–H groups in total. The lowest BCUT2D eigenvalue weighted by Gasteiger charge is -2.12. The summed E-state index contributed by atoms with van der Waals surface area (Å²) in [6, 6.07) is 0.332. The van der Waals surface area contributed by atoms with Gasteiger partial charge in [0.05, 0.1) is 22.5 Å². The van der Waals surface area contributed by atoms with Crippen molar-refractivity contribution in [2.24, 2.45) is 0 Å². The third-order valence-corrected chi connectivity index (χ3v) is 3.15. The number of aryl methyl sites for hydroxylation is 2. The Morgan fingerprint density at radius 3 is 2.50 bits per heavy atom. The lowest BCUT2D eigenvalue weighted by molar-refractivity contribution is -0.139. The van der Waals surface area contributed by atoms with E-state index >= 15 is 0 Å². The normalized spacial score (nSPS) is 12.2. The molecule has 2 rings (SSSR count). The predicted molar refractivity (Wildman–Crippen MR) is 73.8 cm³/mol. The van der Waals surface area contributed by atoms with Crippen molar-refractivity contribution in [2.75, 3.05) is 6.67 Å². The summed E-state index contributed by atoms with van der Waals surface area (Å²) in [6.07, 6.45) is 0. The first-order valence-electron chi connectivity index (χ1n) is 6.37. The van der Waals surface area contributed by atoms with E-state index in [1.807, 2.05) is 5.32 Å². The molecule has 22 heavy (non-hydrogen) atoms. The molecule has 2 aromatic rings. The maximum absolute atomic E-state index is 13.6. The fourth-order valence-corrected chi connectivity index (χ4v) is 1.87. The third-order valence-electron chi connectivity index (χ3n) is 3.15. The molecule has 0 saturated heterocycles. The topological polar surface area (TPSA) is 92.2 Å². The van der Waals surface area contributed by atoms with E-state index in [0.717, 1.165) is 12.1 Å². The number of fused-ring (bicyclic) bond motifs is 1. The molecule has 6 nitrogen and oxygen atoms in total. The van der Waals surface area contributed by atoms with Gasteiger partial charge in [0.1, 0.15) is 18.0 Å². The summed E-state index contributed by atoms with van der Waals surface area (Å²) in [5, 5.41) is 10.7. The van der Waals surface area contributed by atoms with Crippen LogP contribution in [-0.4, -0.2) is 39.7 Å². The zero-order valence-electron chi connectivity index (χ0n) is 11.9. The van der Waals surface area contributed by atoms with E-state index < -0.39 is 30.4 Å². The van der Waals surface area contributed by atoms with Crippen LogP contribution in [0.3, 0.4) is 0 Å². The molecule has 0 radical (unpaired) electrons. The zero-order valence-corrected chi connectivity index (χ0v) is 11.9. The highest BCUT2D eigenvalue weighted by Gasteiger charge is 2.23. The number of benzene rings is 1. The molecule has 1 aromatic heterocycles. The van der Waals surface area contributed by atoms with Crippen LogP contribution < -0.4 is 5.32 Å². The number of halogens is 2. The summed E-state index contributed by atoms with van der Waals surface area (Å²) in [7, 11) is 0. The minimum absolute atomic E-state index is 0.130. The first-order chi connectivity index (χ1) is 10.3. The maximum atomic E-state index is 13.6. The molecule has 0 fully saturated rings. The van der Waals surface area contributed by atoms with Gasteiger partial charge < -0.3 is 10.4 Å². The number of alkyl halides is 1. The Hall–Kier alpha value is -2.64. The summed E-state index contributed by atoms with van der Waals surface area (Å²) in [4.78, 5) is 31.2. The number of aliphatic carboxylic acids is 1. The van der Waals surface area contributed by atoms with Crippen molar-refractivity contribution in [1.29, 1.82) is 0 Å². The number of carboxylic acid groups (broad SMARTS) is 1. The van der Waals surface area contributed by atoms with Gasteiger partial charge in [-0.1, -0.05) is 0 Å². The van der Waals surface area contributed by atoms with E-state index in [-0.39, 0.29) is 16.6 Å². The number of hydrogen-bond donors (Lipinski definition) is 2. The Morgan fingerprint density at radius 2 is 1.91 bits per heavy atom. The number of carbonyl (C=O) groups is 2. The summed E-state index contributed by atoms with van der Waals surface area (Å²) >= 11 is 0. The van der Waals surface area contributed by atoms with Crippen LogP contribution in [-0.2, 0) is 4.79 Å². The van der Waals surface area contributed by atoms with Gasteiger partial charge in [-0.25, -0.2) is 23.5 Å². The number of hydrogen-bond acceptors (Lipinski definition) is 4. The van der Waals surface area contributed by atoms with Gasteiger partial charge in [0.2, 0.25) is 0 Å². The molecular formula is C14H13F2N3O3. The van der Waals surface area contributed by atoms with E-state index in [1.165, 1.54) is 0 Å². The predicted octanol–water partition coefficient (Wildman–Crippen LogP) is 1.54.